The summed E-state index contributed by atoms with van der Waals surface area (Å²) in [4.78, 5) is 35.0. The molecule has 0 saturated heterocycles. The molecule has 6 heteroatoms. The minimum atomic E-state index is -0.729. The fraction of sp³-hybridized carbons (Fsp3) is 0.438. The van der Waals surface area contributed by atoms with Crippen LogP contribution >= 0.6 is 0 Å². The average molecular weight is 305 g/mol. The highest BCUT2D eigenvalue weighted by molar-refractivity contribution is 6.39. The van der Waals surface area contributed by atoms with Gasteiger partial charge < -0.3 is 16.0 Å². The molecule has 0 heterocycles. The molecule has 3 N–H and O–H groups in total. The molecule has 3 amide bonds. The predicted octanol–water partition coefficient (Wildman–Crippen LogP) is 1.99. The Hall–Kier alpha value is -2.37. The maximum atomic E-state index is 11.8. The van der Waals surface area contributed by atoms with Gasteiger partial charge in [-0.15, -0.1) is 0 Å². The van der Waals surface area contributed by atoms with Gasteiger partial charge in [0.25, 0.3) is 0 Å². The molecule has 6 nitrogen and oxygen atoms in total. The van der Waals surface area contributed by atoms with Gasteiger partial charge >= 0.3 is 11.8 Å². The molecule has 0 saturated carbocycles. The zero-order valence-electron chi connectivity index (χ0n) is 13.4. The van der Waals surface area contributed by atoms with Crippen molar-refractivity contribution in [3.8, 4) is 0 Å². The molecule has 0 bridgehead atoms. The van der Waals surface area contributed by atoms with Crippen LogP contribution in [0.4, 0.5) is 11.4 Å². The highest BCUT2D eigenvalue weighted by Gasteiger charge is 2.14. The van der Waals surface area contributed by atoms with Crippen molar-refractivity contribution in [2.45, 2.75) is 27.7 Å². The lowest BCUT2D eigenvalue weighted by Crippen LogP contribution is -2.37. The van der Waals surface area contributed by atoms with E-state index in [4.69, 9.17) is 0 Å². The van der Waals surface area contributed by atoms with Crippen LogP contribution in [0.15, 0.2) is 24.3 Å². The molecule has 1 aromatic rings. The average Bonchev–Trinajstić information content (AvgIpc) is 2.44. The Balaban J connectivity index is 2.64. The maximum Gasteiger partial charge on any atom is 0.313 e. The van der Waals surface area contributed by atoms with Crippen LogP contribution in [0.2, 0.25) is 0 Å². The van der Waals surface area contributed by atoms with Gasteiger partial charge in [-0.3, -0.25) is 14.4 Å². The highest BCUT2D eigenvalue weighted by Crippen LogP contribution is 2.15. The monoisotopic (exact) mass is 305 g/mol. The second kappa shape index (κ2) is 8.17. The maximum absolute atomic E-state index is 11.8. The van der Waals surface area contributed by atoms with Gasteiger partial charge in [0.15, 0.2) is 0 Å². The lowest BCUT2D eigenvalue weighted by molar-refractivity contribution is -0.136. The summed E-state index contributed by atoms with van der Waals surface area (Å²) in [5.41, 5.74) is 1.02. The highest BCUT2D eigenvalue weighted by atomic mass is 16.2. The van der Waals surface area contributed by atoms with E-state index in [1.807, 2.05) is 13.8 Å². The number of anilines is 2. The fourth-order valence-electron chi connectivity index (χ4n) is 1.53. The van der Waals surface area contributed by atoms with Crippen LogP contribution < -0.4 is 16.0 Å². The molecule has 120 valence electrons. The third-order valence-electron chi connectivity index (χ3n) is 2.79. The van der Waals surface area contributed by atoms with Crippen LogP contribution in [-0.4, -0.2) is 24.3 Å². The number of nitrogens with one attached hydrogen (secondary N) is 3. The van der Waals surface area contributed by atoms with Crippen molar-refractivity contribution in [2.75, 3.05) is 17.2 Å². The normalized spacial score (nSPS) is 10.5. The Kier molecular flexibility index (Phi) is 6.56. The Morgan fingerprint density at radius 2 is 1.55 bits per heavy atom. The number of benzene rings is 1. The van der Waals surface area contributed by atoms with Gasteiger partial charge in [0, 0.05) is 23.8 Å². The first-order valence-corrected chi connectivity index (χ1v) is 7.29. The molecule has 22 heavy (non-hydrogen) atoms. The number of amides is 3. The molecule has 1 rings (SSSR count). The van der Waals surface area contributed by atoms with Crippen molar-refractivity contribution in [1.29, 1.82) is 0 Å². The molecule has 0 atom stereocenters. The second-order valence-electron chi connectivity index (χ2n) is 5.78. The number of carbonyl (C=O) groups is 3. The van der Waals surface area contributed by atoms with E-state index in [1.54, 1.807) is 38.1 Å². The fourth-order valence-corrected chi connectivity index (χ4v) is 1.53. The molecule has 0 aliphatic rings. The Morgan fingerprint density at radius 1 is 0.955 bits per heavy atom. The predicted molar refractivity (Wildman–Crippen MR) is 86.4 cm³/mol. The standard InChI is InChI=1S/C16H23N3O3/c1-10(2)9-17-15(21)16(22)19-13-7-5-6-12(8-13)18-14(20)11(3)4/h5-8,10-11H,9H2,1-4H3,(H,17,21)(H,18,20)(H,19,22). The summed E-state index contributed by atoms with van der Waals surface area (Å²) in [6.45, 7) is 7.91. The largest absolute Gasteiger partial charge is 0.348 e. The van der Waals surface area contributed by atoms with Gasteiger partial charge in [0.1, 0.15) is 0 Å². The summed E-state index contributed by atoms with van der Waals surface area (Å²) in [5, 5.41) is 7.78. The van der Waals surface area contributed by atoms with Gasteiger partial charge in [-0.05, 0) is 24.1 Å². The third-order valence-corrected chi connectivity index (χ3v) is 2.79. The Bertz CT molecular complexity index is 553. The van der Waals surface area contributed by atoms with Crippen LogP contribution in [-0.2, 0) is 14.4 Å². The van der Waals surface area contributed by atoms with Gasteiger partial charge in [0.05, 0.1) is 0 Å². The van der Waals surface area contributed by atoms with Crippen molar-refractivity contribution in [2.24, 2.45) is 11.8 Å². The van der Waals surface area contributed by atoms with E-state index >= 15 is 0 Å². The first-order valence-electron chi connectivity index (χ1n) is 7.29. The van der Waals surface area contributed by atoms with E-state index < -0.39 is 11.8 Å². The van der Waals surface area contributed by atoms with E-state index in [0.29, 0.717) is 17.9 Å². The van der Waals surface area contributed by atoms with Crippen molar-refractivity contribution in [1.82, 2.24) is 5.32 Å². The molecule has 0 fully saturated rings. The quantitative estimate of drug-likeness (QED) is 0.727. The summed E-state index contributed by atoms with van der Waals surface area (Å²) in [6.07, 6.45) is 0. The van der Waals surface area contributed by atoms with Crippen molar-refractivity contribution in [3.05, 3.63) is 24.3 Å². The van der Waals surface area contributed by atoms with Gasteiger partial charge in [-0.1, -0.05) is 33.8 Å². The summed E-state index contributed by atoms with van der Waals surface area (Å²) in [6, 6.07) is 6.67. The van der Waals surface area contributed by atoms with Crippen molar-refractivity contribution < 1.29 is 14.4 Å². The Morgan fingerprint density at radius 3 is 2.09 bits per heavy atom. The molecule has 0 unspecified atom stereocenters. The van der Waals surface area contributed by atoms with Crippen LogP contribution in [0, 0.1) is 11.8 Å². The van der Waals surface area contributed by atoms with Crippen molar-refractivity contribution >= 4 is 29.1 Å². The van der Waals surface area contributed by atoms with Gasteiger partial charge in [0.2, 0.25) is 5.91 Å². The van der Waals surface area contributed by atoms with E-state index in [1.165, 1.54) is 0 Å². The Labute approximate surface area is 130 Å². The molecule has 0 aromatic heterocycles. The molecule has 0 radical (unpaired) electrons. The third kappa shape index (κ3) is 5.95. The molecular formula is C16H23N3O3. The number of hydrogen-bond donors (Lipinski definition) is 3. The minimum absolute atomic E-state index is 0.113. The van der Waals surface area contributed by atoms with Crippen LogP contribution in [0.1, 0.15) is 27.7 Å². The first kappa shape index (κ1) is 17.7. The van der Waals surface area contributed by atoms with E-state index in [2.05, 4.69) is 16.0 Å². The number of rotatable bonds is 5. The van der Waals surface area contributed by atoms with E-state index in [-0.39, 0.29) is 17.7 Å². The lowest BCUT2D eigenvalue weighted by Gasteiger charge is -2.11. The minimum Gasteiger partial charge on any atom is -0.348 e. The first-order chi connectivity index (χ1) is 10.3. The van der Waals surface area contributed by atoms with Gasteiger partial charge in [-0.25, -0.2) is 0 Å². The lowest BCUT2D eigenvalue weighted by atomic mass is 10.2. The van der Waals surface area contributed by atoms with Crippen LogP contribution in [0.3, 0.4) is 0 Å². The van der Waals surface area contributed by atoms with Gasteiger partial charge in [-0.2, -0.15) is 0 Å². The molecule has 0 aliphatic heterocycles. The zero-order chi connectivity index (χ0) is 16.7. The zero-order valence-corrected chi connectivity index (χ0v) is 13.4. The molecule has 1 aromatic carbocycles. The summed E-state index contributed by atoms with van der Waals surface area (Å²) in [7, 11) is 0. The molecule has 0 spiro atoms. The van der Waals surface area contributed by atoms with Crippen LogP contribution in [0.25, 0.3) is 0 Å². The molecule has 0 aliphatic carbocycles. The van der Waals surface area contributed by atoms with Crippen molar-refractivity contribution in [3.63, 3.8) is 0 Å². The number of hydrogen-bond acceptors (Lipinski definition) is 3. The molecular weight excluding hydrogens is 282 g/mol. The van der Waals surface area contributed by atoms with Crippen LogP contribution in [0.5, 0.6) is 0 Å². The summed E-state index contributed by atoms with van der Waals surface area (Å²) < 4.78 is 0. The van der Waals surface area contributed by atoms with E-state index in [0.717, 1.165) is 0 Å². The summed E-state index contributed by atoms with van der Waals surface area (Å²) in [5.74, 6) is -1.39. The SMILES string of the molecule is CC(C)CNC(=O)C(=O)Nc1cccc(NC(=O)C(C)C)c1. The topological polar surface area (TPSA) is 87.3 Å². The smallest absolute Gasteiger partial charge is 0.313 e. The summed E-state index contributed by atoms with van der Waals surface area (Å²) >= 11 is 0. The van der Waals surface area contributed by atoms with E-state index in [9.17, 15) is 14.4 Å². The second-order valence-corrected chi connectivity index (χ2v) is 5.78. The number of carbonyl (C=O) groups excluding carboxylic acids is 3.